The molecule has 1 aromatic rings. The van der Waals surface area contributed by atoms with Gasteiger partial charge in [0.2, 0.25) is 0 Å². The van der Waals surface area contributed by atoms with Gasteiger partial charge in [0.1, 0.15) is 13.2 Å². The number of hydrogen-bond acceptors (Lipinski definition) is 5. The molecular formula is C14H21NO3S. The first-order chi connectivity index (χ1) is 9.20. The van der Waals surface area contributed by atoms with Gasteiger partial charge >= 0.3 is 0 Å². The second-order valence-electron chi connectivity index (χ2n) is 4.62. The van der Waals surface area contributed by atoms with Crippen molar-refractivity contribution in [3.63, 3.8) is 0 Å². The van der Waals surface area contributed by atoms with E-state index < -0.39 is 0 Å². The van der Waals surface area contributed by atoms with Gasteiger partial charge in [0.05, 0.1) is 6.10 Å². The summed E-state index contributed by atoms with van der Waals surface area (Å²) in [7, 11) is 0. The maximum Gasteiger partial charge on any atom is 0.162 e. The van der Waals surface area contributed by atoms with Crippen molar-refractivity contribution in [2.24, 2.45) is 0 Å². The Bertz CT molecular complexity index is 423. The lowest BCUT2D eigenvalue weighted by atomic mass is 10.2. The zero-order valence-electron chi connectivity index (χ0n) is 11.4. The molecule has 0 saturated carbocycles. The average Bonchev–Trinajstić information content (AvgIpc) is 2.42. The maximum atomic E-state index is 9.23. The van der Waals surface area contributed by atoms with Crippen LogP contribution >= 0.6 is 11.8 Å². The van der Waals surface area contributed by atoms with E-state index in [9.17, 15) is 5.11 Å². The van der Waals surface area contributed by atoms with Crippen molar-refractivity contribution in [1.29, 1.82) is 0 Å². The van der Waals surface area contributed by atoms with Crippen LogP contribution in [-0.2, 0) is 6.54 Å². The Morgan fingerprint density at radius 2 is 2.00 bits per heavy atom. The average molecular weight is 283 g/mol. The zero-order valence-corrected chi connectivity index (χ0v) is 12.3. The Labute approximate surface area is 118 Å². The predicted molar refractivity (Wildman–Crippen MR) is 77.2 cm³/mol. The van der Waals surface area contributed by atoms with E-state index in [0.717, 1.165) is 31.0 Å². The molecule has 0 saturated heterocycles. The summed E-state index contributed by atoms with van der Waals surface area (Å²) in [5.74, 6) is 1.67. The molecule has 2 N–H and O–H groups in total. The first-order valence-electron chi connectivity index (χ1n) is 6.56. The second-order valence-corrected chi connectivity index (χ2v) is 5.47. The summed E-state index contributed by atoms with van der Waals surface area (Å²) in [6.45, 7) is 4.62. The Morgan fingerprint density at radius 1 is 1.32 bits per heavy atom. The molecule has 19 heavy (non-hydrogen) atoms. The van der Waals surface area contributed by atoms with E-state index in [1.54, 1.807) is 18.7 Å². The van der Waals surface area contributed by atoms with Crippen LogP contribution in [-0.4, -0.2) is 37.2 Å². The van der Waals surface area contributed by atoms with Crippen molar-refractivity contribution in [2.75, 3.05) is 26.0 Å². The summed E-state index contributed by atoms with van der Waals surface area (Å²) in [6, 6.07) is 4.10. The molecule has 106 valence electrons. The van der Waals surface area contributed by atoms with Crippen molar-refractivity contribution < 1.29 is 14.6 Å². The fourth-order valence-corrected chi connectivity index (χ4v) is 2.59. The molecule has 0 spiro atoms. The van der Waals surface area contributed by atoms with Gasteiger partial charge < -0.3 is 19.9 Å². The molecule has 1 unspecified atom stereocenters. The number of ether oxygens (including phenoxy) is 2. The molecule has 1 aliphatic rings. The summed E-state index contributed by atoms with van der Waals surface area (Å²) in [5.41, 5.74) is 1.21. The summed E-state index contributed by atoms with van der Waals surface area (Å²) < 4.78 is 11.2. The number of rotatable bonds is 6. The molecule has 2 rings (SSSR count). The zero-order chi connectivity index (χ0) is 13.7. The second kappa shape index (κ2) is 7.03. The van der Waals surface area contributed by atoms with Crippen LogP contribution in [0.5, 0.6) is 11.5 Å². The number of fused-ring (bicyclic) bond motifs is 1. The van der Waals surface area contributed by atoms with E-state index in [4.69, 9.17) is 9.47 Å². The van der Waals surface area contributed by atoms with Gasteiger partial charge in [-0.3, -0.25) is 0 Å². The lowest BCUT2D eigenvalue weighted by molar-refractivity contribution is 0.170. The number of nitrogens with one attached hydrogen (secondary N) is 1. The lowest BCUT2D eigenvalue weighted by Gasteiger charge is -2.21. The number of thioether (sulfide) groups is 1. The Kier molecular flexibility index (Phi) is 5.36. The maximum absolute atomic E-state index is 9.23. The number of hydrogen-bond donors (Lipinski definition) is 2. The van der Waals surface area contributed by atoms with Crippen LogP contribution in [0.1, 0.15) is 18.9 Å². The molecule has 0 aliphatic carbocycles. The minimum Gasteiger partial charge on any atom is -0.486 e. The number of aliphatic hydroxyl groups is 1. The Hall–Kier alpha value is -0.910. The number of aliphatic hydroxyl groups excluding tert-OH is 1. The van der Waals surface area contributed by atoms with Gasteiger partial charge in [0.25, 0.3) is 0 Å². The molecule has 1 aromatic carbocycles. The van der Waals surface area contributed by atoms with Crippen molar-refractivity contribution in [1.82, 2.24) is 5.32 Å². The van der Waals surface area contributed by atoms with Crippen LogP contribution in [0, 0.1) is 0 Å². The van der Waals surface area contributed by atoms with Crippen LogP contribution in [0.15, 0.2) is 17.0 Å². The van der Waals surface area contributed by atoms with Gasteiger partial charge in [-0.1, -0.05) is 0 Å². The van der Waals surface area contributed by atoms with Gasteiger partial charge in [-0.25, -0.2) is 0 Å². The molecule has 1 heterocycles. The minimum atomic E-state index is -0.257. The van der Waals surface area contributed by atoms with Gasteiger partial charge in [-0.2, -0.15) is 0 Å². The highest BCUT2D eigenvalue weighted by atomic mass is 32.2. The molecule has 1 aliphatic heterocycles. The quantitative estimate of drug-likeness (QED) is 0.618. The summed E-state index contributed by atoms with van der Waals surface area (Å²) >= 11 is 1.71. The van der Waals surface area contributed by atoms with Gasteiger partial charge in [0, 0.05) is 11.4 Å². The van der Waals surface area contributed by atoms with Crippen molar-refractivity contribution in [3.8, 4) is 11.5 Å². The molecule has 1 atom stereocenters. The predicted octanol–water partition coefficient (Wildman–Crippen LogP) is 2.04. The molecule has 4 nitrogen and oxygen atoms in total. The first kappa shape index (κ1) is 14.5. The van der Waals surface area contributed by atoms with Crippen molar-refractivity contribution >= 4 is 11.8 Å². The molecular weight excluding hydrogens is 262 g/mol. The van der Waals surface area contributed by atoms with Crippen LogP contribution in [0.3, 0.4) is 0 Å². The highest BCUT2D eigenvalue weighted by Crippen LogP contribution is 2.36. The Balaban J connectivity index is 2.02. The molecule has 0 fully saturated rings. The van der Waals surface area contributed by atoms with Crippen LogP contribution in [0.2, 0.25) is 0 Å². The highest BCUT2D eigenvalue weighted by molar-refractivity contribution is 7.98. The topological polar surface area (TPSA) is 50.7 Å². The number of benzene rings is 1. The van der Waals surface area contributed by atoms with Crippen LogP contribution < -0.4 is 14.8 Å². The fourth-order valence-electron chi connectivity index (χ4n) is 1.97. The molecule has 0 amide bonds. The first-order valence-corrected chi connectivity index (χ1v) is 7.78. The van der Waals surface area contributed by atoms with Crippen molar-refractivity contribution in [3.05, 3.63) is 17.7 Å². The third-order valence-electron chi connectivity index (χ3n) is 3.00. The van der Waals surface area contributed by atoms with Crippen molar-refractivity contribution in [2.45, 2.75) is 30.9 Å². The van der Waals surface area contributed by atoms with Gasteiger partial charge in [-0.05, 0) is 43.8 Å². The summed E-state index contributed by atoms with van der Waals surface area (Å²) in [4.78, 5) is 1.20. The lowest BCUT2D eigenvalue weighted by Crippen LogP contribution is -2.20. The van der Waals surface area contributed by atoms with E-state index in [1.807, 2.05) is 6.07 Å². The minimum absolute atomic E-state index is 0.257. The smallest absolute Gasteiger partial charge is 0.162 e. The molecule has 0 radical (unpaired) electrons. The summed E-state index contributed by atoms with van der Waals surface area (Å²) in [6.07, 6.45) is 2.57. The third kappa shape index (κ3) is 4.03. The van der Waals surface area contributed by atoms with E-state index in [2.05, 4.69) is 17.6 Å². The molecule has 0 aromatic heterocycles. The monoisotopic (exact) mass is 283 g/mol. The van der Waals surface area contributed by atoms with Gasteiger partial charge in [0.15, 0.2) is 11.5 Å². The highest BCUT2D eigenvalue weighted by Gasteiger charge is 2.15. The van der Waals surface area contributed by atoms with Gasteiger partial charge in [-0.15, -0.1) is 11.8 Å². The fraction of sp³-hybridized carbons (Fsp3) is 0.571. The van der Waals surface area contributed by atoms with E-state index in [-0.39, 0.29) is 6.10 Å². The largest absolute Gasteiger partial charge is 0.486 e. The summed E-state index contributed by atoms with van der Waals surface area (Å²) in [5, 5.41) is 12.6. The molecule has 0 bridgehead atoms. The third-order valence-corrected chi connectivity index (χ3v) is 3.82. The SMILES string of the molecule is CSc1cc2c(cc1CNCCC(C)O)OCCO2. The van der Waals surface area contributed by atoms with Crippen LogP contribution in [0.25, 0.3) is 0 Å². The Morgan fingerprint density at radius 3 is 2.63 bits per heavy atom. The molecule has 5 heteroatoms. The van der Waals surface area contributed by atoms with E-state index in [1.165, 1.54) is 10.5 Å². The van der Waals surface area contributed by atoms with E-state index >= 15 is 0 Å². The standard InChI is InChI=1S/C14H21NO3S/c1-10(16)3-4-15-9-11-7-12-13(8-14(11)19-2)18-6-5-17-12/h7-8,10,15-16H,3-6,9H2,1-2H3. The normalized spacial score (nSPS) is 15.3. The van der Waals surface area contributed by atoms with Crippen LogP contribution in [0.4, 0.5) is 0 Å². The van der Waals surface area contributed by atoms with E-state index in [0.29, 0.717) is 13.2 Å².